The molecule has 0 unspecified atom stereocenters. The summed E-state index contributed by atoms with van der Waals surface area (Å²) in [7, 11) is -0.390. The number of hydrogen-bond donors (Lipinski definition) is 0. The normalized spacial score (nSPS) is 24.4. The van der Waals surface area contributed by atoms with Gasteiger partial charge in [0.15, 0.2) is 0 Å². The molecule has 0 spiro atoms. The van der Waals surface area contributed by atoms with Gasteiger partial charge in [0.05, 0.1) is 29.2 Å². The summed E-state index contributed by atoms with van der Waals surface area (Å²) in [5.41, 5.74) is 4.39. The molecule has 4 rings (SSSR count). The van der Waals surface area contributed by atoms with Gasteiger partial charge in [-0.05, 0) is 33.8 Å². The van der Waals surface area contributed by atoms with Crippen LogP contribution in [-0.4, -0.2) is 35.6 Å². The van der Waals surface area contributed by atoms with Crippen LogP contribution in [0.1, 0.15) is 39.0 Å². The third kappa shape index (κ3) is 1.79. The van der Waals surface area contributed by atoms with E-state index in [1.54, 1.807) is 0 Å². The Morgan fingerprint density at radius 3 is 2.59 bits per heavy atom. The monoisotopic (exact) mass is 294 g/mol. The first-order chi connectivity index (χ1) is 10.4. The van der Waals surface area contributed by atoms with Crippen LogP contribution in [0.3, 0.4) is 0 Å². The van der Waals surface area contributed by atoms with Crippen molar-refractivity contribution in [3.05, 3.63) is 47.3 Å². The number of nitrogens with zero attached hydrogens (tertiary/aromatic N) is 2. The molecule has 4 nitrogen and oxygen atoms in total. The average Bonchev–Trinajstić information content (AvgIpc) is 2.90. The van der Waals surface area contributed by atoms with Crippen molar-refractivity contribution in [3.8, 4) is 0 Å². The minimum absolute atomic E-state index is 0.355. The molecule has 0 amide bonds. The maximum Gasteiger partial charge on any atom is 0.496 e. The fourth-order valence-electron chi connectivity index (χ4n) is 3.07. The number of dihydropyridines is 1. The molecule has 0 radical (unpaired) electrons. The van der Waals surface area contributed by atoms with Gasteiger partial charge in [-0.2, -0.15) is 0 Å². The van der Waals surface area contributed by atoms with Crippen molar-refractivity contribution in [1.82, 2.24) is 4.98 Å². The van der Waals surface area contributed by atoms with Gasteiger partial charge in [0.1, 0.15) is 0 Å². The first-order valence-corrected chi connectivity index (χ1v) is 7.68. The predicted molar refractivity (Wildman–Crippen MR) is 87.8 cm³/mol. The minimum Gasteiger partial charge on any atom is -0.399 e. The number of pyridine rings is 1. The quantitative estimate of drug-likeness (QED) is 0.748. The highest BCUT2D eigenvalue weighted by Gasteiger charge is 2.54. The average molecular weight is 294 g/mol. The molecule has 3 heterocycles. The van der Waals surface area contributed by atoms with Crippen LogP contribution in [0.4, 0.5) is 0 Å². The third-order valence-electron chi connectivity index (χ3n) is 5.00. The molecule has 0 bridgehead atoms. The van der Waals surface area contributed by atoms with Crippen molar-refractivity contribution in [2.45, 2.75) is 38.9 Å². The molecular weight excluding hydrogens is 275 g/mol. The standard InChI is InChI=1S/C17H19BN2O2/c1-16(2)17(3,4)22-18(21-16)13-11-7-5-9-19-14(11)15-12(13)8-6-10-20-15/h5-9H,10H2,1-4H3. The van der Waals surface area contributed by atoms with Gasteiger partial charge in [0, 0.05) is 22.8 Å². The Kier molecular flexibility index (Phi) is 2.78. The van der Waals surface area contributed by atoms with Gasteiger partial charge in [0.2, 0.25) is 0 Å². The molecule has 1 fully saturated rings. The number of fused-ring (bicyclic) bond motifs is 3. The summed E-state index contributed by atoms with van der Waals surface area (Å²) in [5.74, 6) is 0. The van der Waals surface area contributed by atoms with Crippen LogP contribution in [-0.2, 0) is 9.31 Å². The molecular formula is C17H19BN2O2. The van der Waals surface area contributed by atoms with Gasteiger partial charge in [-0.1, -0.05) is 18.2 Å². The Bertz CT molecular complexity index is 731. The number of rotatable bonds is 1. The highest BCUT2D eigenvalue weighted by molar-refractivity contribution is 6.72. The minimum atomic E-state index is -0.390. The molecule has 1 saturated heterocycles. The van der Waals surface area contributed by atoms with E-state index in [0.29, 0.717) is 6.54 Å². The Balaban J connectivity index is 1.86. The zero-order valence-electron chi connectivity index (χ0n) is 13.4. The third-order valence-corrected chi connectivity index (χ3v) is 5.00. The zero-order valence-corrected chi connectivity index (χ0v) is 13.4. The van der Waals surface area contributed by atoms with E-state index in [0.717, 1.165) is 28.0 Å². The smallest absolute Gasteiger partial charge is 0.399 e. The van der Waals surface area contributed by atoms with E-state index in [1.807, 2.05) is 12.3 Å². The van der Waals surface area contributed by atoms with Crippen molar-refractivity contribution < 1.29 is 9.31 Å². The number of hydrogen-bond acceptors (Lipinski definition) is 4. The van der Waals surface area contributed by atoms with Crippen LogP contribution in [0.25, 0.3) is 5.47 Å². The summed E-state index contributed by atoms with van der Waals surface area (Å²) in [6, 6.07) is 4.02. The summed E-state index contributed by atoms with van der Waals surface area (Å²) in [6.45, 7) is 8.99. The molecule has 0 N–H and O–H groups in total. The number of allylic oxidation sites excluding steroid dienone is 2. The van der Waals surface area contributed by atoms with E-state index in [1.165, 1.54) is 0 Å². The molecule has 22 heavy (non-hydrogen) atoms. The number of aromatic nitrogens is 1. The van der Waals surface area contributed by atoms with E-state index in [4.69, 9.17) is 9.31 Å². The maximum atomic E-state index is 6.26. The molecule has 112 valence electrons. The van der Waals surface area contributed by atoms with Gasteiger partial charge in [-0.25, -0.2) is 0 Å². The first-order valence-electron chi connectivity index (χ1n) is 7.68. The van der Waals surface area contributed by atoms with Crippen molar-refractivity contribution in [2.75, 3.05) is 6.54 Å². The van der Waals surface area contributed by atoms with Crippen molar-refractivity contribution in [2.24, 2.45) is 4.99 Å². The van der Waals surface area contributed by atoms with Crippen molar-refractivity contribution in [1.29, 1.82) is 0 Å². The van der Waals surface area contributed by atoms with Crippen LogP contribution in [0, 0.1) is 0 Å². The van der Waals surface area contributed by atoms with Crippen molar-refractivity contribution in [3.63, 3.8) is 0 Å². The Hall–Kier alpha value is -1.72. The molecule has 1 aromatic rings. The van der Waals surface area contributed by atoms with E-state index >= 15 is 0 Å². The zero-order chi connectivity index (χ0) is 15.5. The lowest BCUT2D eigenvalue weighted by Crippen LogP contribution is -2.41. The van der Waals surface area contributed by atoms with Crippen LogP contribution >= 0.6 is 0 Å². The van der Waals surface area contributed by atoms with Crippen molar-refractivity contribution >= 4 is 18.3 Å². The molecule has 0 saturated carbocycles. The summed E-state index contributed by atoms with van der Waals surface area (Å²) in [6.07, 6.45) is 5.99. The van der Waals surface area contributed by atoms with Crippen LogP contribution in [0.5, 0.6) is 0 Å². The Morgan fingerprint density at radius 1 is 1.14 bits per heavy atom. The second-order valence-electron chi connectivity index (χ2n) is 6.91. The summed E-state index contributed by atoms with van der Waals surface area (Å²) in [5, 5.41) is 0. The van der Waals surface area contributed by atoms with Gasteiger partial charge in [-0.3, -0.25) is 9.98 Å². The summed E-state index contributed by atoms with van der Waals surface area (Å²) in [4.78, 5) is 9.15. The van der Waals surface area contributed by atoms with Crippen LogP contribution in [0.15, 0.2) is 41.0 Å². The molecule has 1 aromatic heterocycles. The van der Waals surface area contributed by atoms with Gasteiger partial charge in [0.25, 0.3) is 0 Å². The highest BCUT2D eigenvalue weighted by Crippen LogP contribution is 2.44. The molecule has 5 heteroatoms. The van der Waals surface area contributed by atoms with E-state index in [9.17, 15) is 0 Å². The fourth-order valence-corrected chi connectivity index (χ4v) is 3.07. The highest BCUT2D eigenvalue weighted by atomic mass is 16.7. The van der Waals surface area contributed by atoms with Crippen LogP contribution < -0.4 is 0 Å². The molecule has 0 aromatic carbocycles. The lowest BCUT2D eigenvalue weighted by Gasteiger charge is -2.32. The fraction of sp³-hybridized carbons (Fsp3) is 0.412. The number of aliphatic imine (C=N–C) groups is 1. The topological polar surface area (TPSA) is 43.7 Å². The maximum absolute atomic E-state index is 6.26. The lowest BCUT2D eigenvalue weighted by atomic mass is 9.73. The second kappa shape index (κ2) is 4.40. The SMILES string of the molecule is CC1(C)OB(C2=C3C=CCN=C3c3ncccc32)OC1(C)C. The molecule has 1 aliphatic carbocycles. The van der Waals surface area contributed by atoms with Gasteiger partial charge < -0.3 is 9.31 Å². The van der Waals surface area contributed by atoms with Gasteiger partial charge >= 0.3 is 7.12 Å². The Labute approximate surface area is 131 Å². The van der Waals surface area contributed by atoms with E-state index in [-0.39, 0.29) is 11.2 Å². The molecule has 3 aliphatic rings. The summed E-state index contributed by atoms with van der Waals surface area (Å²) >= 11 is 0. The predicted octanol–water partition coefficient (Wildman–Crippen LogP) is 2.84. The Morgan fingerprint density at radius 2 is 1.86 bits per heavy atom. The molecule has 0 atom stereocenters. The lowest BCUT2D eigenvalue weighted by molar-refractivity contribution is 0.00578. The van der Waals surface area contributed by atoms with Gasteiger partial charge in [-0.15, -0.1) is 0 Å². The summed E-state index contributed by atoms with van der Waals surface area (Å²) < 4.78 is 12.5. The second-order valence-corrected chi connectivity index (χ2v) is 6.91. The largest absolute Gasteiger partial charge is 0.496 e. The van der Waals surface area contributed by atoms with Crippen LogP contribution in [0.2, 0.25) is 0 Å². The van der Waals surface area contributed by atoms with E-state index in [2.05, 4.69) is 55.9 Å². The van der Waals surface area contributed by atoms with E-state index < -0.39 is 7.12 Å². The first kappa shape index (κ1) is 13.9. The molecule has 2 aliphatic heterocycles.